The van der Waals surface area contributed by atoms with E-state index in [1.165, 1.54) is 18.3 Å². The Kier molecular flexibility index (Phi) is 7.46. The van der Waals surface area contributed by atoms with Gasteiger partial charge in [0.2, 0.25) is 5.75 Å². The summed E-state index contributed by atoms with van der Waals surface area (Å²) in [5.41, 5.74) is 4.03. The van der Waals surface area contributed by atoms with Crippen LogP contribution in [0.5, 0.6) is 11.5 Å². The summed E-state index contributed by atoms with van der Waals surface area (Å²) in [5.74, 6) is -1.88. The van der Waals surface area contributed by atoms with Gasteiger partial charge in [-0.3, -0.25) is 29.8 Å². The average molecular weight is 477 g/mol. The van der Waals surface area contributed by atoms with Gasteiger partial charge in [-0.2, -0.15) is 5.10 Å². The summed E-state index contributed by atoms with van der Waals surface area (Å²) in [6.45, 7) is 3.81. The number of nitrogens with zero attached hydrogens (tertiary/aromatic N) is 3. The van der Waals surface area contributed by atoms with Crippen molar-refractivity contribution >= 4 is 35.1 Å². The molecule has 178 valence electrons. The number of non-ortho nitro benzene ring substituents is 1. The molecule has 0 aliphatic heterocycles. The van der Waals surface area contributed by atoms with E-state index < -0.39 is 33.0 Å². The zero-order chi connectivity index (χ0) is 25.5. The van der Waals surface area contributed by atoms with E-state index in [1.54, 1.807) is 24.3 Å². The number of hydrazone groups is 1. The third kappa shape index (κ3) is 6.44. The summed E-state index contributed by atoms with van der Waals surface area (Å²) in [5, 5.41) is 28.4. The van der Waals surface area contributed by atoms with E-state index in [9.17, 15) is 29.8 Å². The summed E-state index contributed by atoms with van der Waals surface area (Å²) < 4.78 is 5.52. The van der Waals surface area contributed by atoms with Gasteiger partial charge in [-0.15, -0.1) is 0 Å². The minimum absolute atomic E-state index is 0.185. The van der Waals surface area contributed by atoms with Crippen LogP contribution < -0.4 is 15.5 Å². The van der Waals surface area contributed by atoms with Crippen molar-refractivity contribution in [3.63, 3.8) is 0 Å². The van der Waals surface area contributed by atoms with Crippen LogP contribution in [0.4, 0.5) is 17.1 Å². The summed E-state index contributed by atoms with van der Waals surface area (Å²) >= 11 is 0. The monoisotopic (exact) mass is 477 g/mol. The van der Waals surface area contributed by atoms with Crippen molar-refractivity contribution in [1.82, 2.24) is 5.43 Å². The first-order valence-corrected chi connectivity index (χ1v) is 10.1. The quantitative estimate of drug-likeness (QED) is 0.224. The Balaban J connectivity index is 1.65. The highest BCUT2D eigenvalue weighted by Crippen LogP contribution is 2.34. The van der Waals surface area contributed by atoms with E-state index in [0.29, 0.717) is 11.3 Å². The van der Waals surface area contributed by atoms with Gasteiger partial charge in [0.15, 0.2) is 0 Å². The molecular formula is C23H19N5O7. The van der Waals surface area contributed by atoms with Gasteiger partial charge in [0.1, 0.15) is 5.75 Å². The number of aryl methyl sites for hydroxylation is 2. The summed E-state index contributed by atoms with van der Waals surface area (Å²) in [6.07, 6.45) is 1.25. The molecule has 0 saturated carbocycles. The largest absolute Gasteiger partial charge is 0.450 e. The highest BCUT2D eigenvalue weighted by Gasteiger charge is 2.21. The molecule has 12 nitrogen and oxygen atoms in total. The molecule has 0 spiro atoms. The van der Waals surface area contributed by atoms with Gasteiger partial charge in [-0.25, -0.2) is 5.43 Å². The number of nitrogens with one attached hydrogen (secondary N) is 2. The predicted molar refractivity (Wildman–Crippen MR) is 127 cm³/mol. The molecule has 0 atom stereocenters. The molecule has 0 fully saturated rings. The van der Waals surface area contributed by atoms with Gasteiger partial charge >= 0.3 is 17.5 Å². The zero-order valence-corrected chi connectivity index (χ0v) is 18.6. The second kappa shape index (κ2) is 10.7. The standard InChI is InChI=1S/C23H19N5O7/c1-14-6-7-17(10-15(14)2)25-22(29)23(30)26-24-13-16-4-3-5-19(11-16)35-21-9-8-18(27(31)32)12-20(21)28(33)34/h3-13H,1-2H3,(H,25,29)(H,26,30). The Bertz CT molecular complexity index is 1350. The van der Waals surface area contributed by atoms with E-state index in [0.717, 1.165) is 29.3 Å². The fourth-order valence-corrected chi connectivity index (χ4v) is 2.86. The van der Waals surface area contributed by atoms with Crippen LogP contribution in [0, 0.1) is 34.1 Å². The molecule has 0 aromatic heterocycles. The second-order valence-electron chi connectivity index (χ2n) is 7.29. The van der Waals surface area contributed by atoms with Gasteiger partial charge < -0.3 is 10.1 Å². The molecule has 0 bridgehead atoms. The number of carbonyl (C=O) groups is 2. The Morgan fingerprint density at radius 1 is 0.914 bits per heavy atom. The van der Waals surface area contributed by atoms with Crippen molar-refractivity contribution in [2.75, 3.05) is 5.32 Å². The van der Waals surface area contributed by atoms with E-state index in [4.69, 9.17) is 4.74 Å². The van der Waals surface area contributed by atoms with Crippen molar-refractivity contribution < 1.29 is 24.2 Å². The number of carbonyl (C=O) groups excluding carboxylic acids is 2. The lowest BCUT2D eigenvalue weighted by Crippen LogP contribution is -2.32. The molecule has 12 heteroatoms. The Morgan fingerprint density at radius 3 is 2.37 bits per heavy atom. The normalized spacial score (nSPS) is 10.6. The minimum atomic E-state index is -0.978. The number of ether oxygens (including phenoxy) is 1. The molecular weight excluding hydrogens is 458 g/mol. The first-order valence-electron chi connectivity index (χ1n) is 10.1. The summed E-state index contributed by atoms with van der Waals surface area (Å²) in [6, 6.07) is 14.4. The molecule has 0 radical (unpaired) electrons. The van der Waals surface area contributed by atoms with E-state index in [2.05, 4.69) is 15.8 Å². The summed E-state index contributed by atoms with van der Waals surface area (Å²) in [7, 11) is 0. The molecule has 0 unspecified atom stereocenters. The molecule has 2 amide bonds. The van der Waals surface area contributed by atoms with Crippen molar-refractivity contribution in [2.45, 2.75) is 13.8 Å². The molecule has 0 aliphatic rings. The van der Waals surface area contributed by atoms with Gasteiger partial charge in [-0.05, 0) is 60.9 Å². The highest BCUT2D eigenvalue weighted by molar-refractivity contribution is 6.39. The lowest BCUT2D eigenvalue weighted by atomic mass is 10.1. The fraction of sp³-hybridized carbons (Fsp3) is 0.0870. The van der Waals surface area contributed by atoms with Gasteiger partial charge in [0.25, 0.3) is 5.69 Å². The van der Waals surface area contributed by atoms with E-state index in [-0.39, 0.29) is 11.5 Å². The lowest BCUT2D eigenvalue weighted by Gasteiger charge is -2.07. The number of hydrogen-bond acceptors (Lipinski definition) is 8. The van der Waals surface area contributed by atoms with Crippen LogP contribution in [0.3, 0.4) is 0 Å². The SMILES string of the molecule is Cc1ccc(NC(=O)C(=O)NN=Cc2cccc(Oc3ccc([N+](=O)[O-])cc3[N+](=O)[O-])c2)cc1C. The smallest absolute Gasteiger partial charge is 0.329 e. The number of anilines is 1. The maximum atomic E-state index is 12.0. The minimum Gasteiger partial charge on any atom is -0.450 e. The molecule has 3 aromatic carbocycles. The molecule has 0 saturated heterocycles. The molecule has 3 rings (SSSR count). The zero-order valence-electron chi connectivity index (χ0n) is 18.6. The van der Waals surface area contributed by atoms with Gasteiger partial charge in [0.05, 0.1) is 22.1 Å². The maximum Gasteiger partial charge on any atom is 0.329 e. The van der Waals surface area contributed by atoms with Crippen LogP contribution in [-0.4, -0.2) is 27.9 Å². The first kappa shape index (κ1) is 24.5. The number of rotatable bonds is 7. The van der Waals surface area contributed by atoms with Crippen LogP contribution >= 0.6 is 0 Å². The van der Waals surface area contributed by atoms with Crippen molar-refractivity contribution in [3.8, 4) is 11.5 Å². The number of nitro benzene ring substituents is 2. The lowest BCUT2D eigenvalue weighted by molar-refractivity contribution is -0.394. The topological polar surface area (TPSA) is 166 Å². The Labute approximate surface area is 198 Å². The molecule has 0 aliphatic carbocycles. The van der Waals surface area contributed by atoms with Crippen LogP contribution in [0.2, 0.25) is 0 Å². The number of benzene rings is 3. The maximum absolute atomic E-state index is 12.0. The van der Waals surface area contributed by atoms with Crippen molar-refractivity contribution in [1.29, 1.82) is 0 Å². The van der Waals surface area contributed by atoms with Crippen LogP contribution in [0.25, 0.3) is 0 Å². The van der Waals surface area contributed by atoms with Gasteiger partial charge in [-0.1, -0.05) is 18.2 Å². The van der Waals surface area contributed by atoms with Crippen molar-refractivity contribution in [2.24, 2.45) is 5.10 Å². The van der Waals surface area contributed by atoms with Crippen LogP contribution in [-0.2, 0) is 9.59 Å². The Hall–Kier alpha value is -5.13. The Morgan fingerprint density at radius 2 is 1.69 bits per heavy atom. The summed E-state index contributed by atoms with van der Waals surface area (Å²) in [4.78, 5) is 44.7. The molecule has 3 aromatic rings. The fourth-order valence-electron chi connectivity index (χ4n) is 2.86. The van der Waals surface area contributed by atoms with E-state index in [1.807, 2.05) is 19.9 Å². The second-order valence-corrected chi connectivity index (χ2v) is 7.29. The number of hydrogen-bond donors (Lipinski definition) is 2. The predicted octanol–water partition coefficient (Wildman–Crippen LogP) is 4.00. The third-order valence-corrected chi connectivity index (χ3v) is 4.79. The van der Waals surface area contributed by atoms with Crippen molar-refractivity contribution in [3.05, 3.63) is 97.6 Å². The molecule has 0 heterocycles. The van der Waals surface area contributed by atoms with Gasteiger partial charge in [0, 0.05) is 11.8 Å². The number of nitro groups is 2. The molecule has 2 N–H and O–H groups in total. The highest BCUT2D eigenvalue weighted by atomic mass is 16.6. The van der Waals surface area contributed by atoms with E-state index >= 15 is 0 Å². The van der Waals surface area contributed by atoms with Crippen LogP contribution in [0.15, 0.2) is 65.8 Å². The number of amides is 2. The average Bonchev–Trinajstić information content (AvgIpc) is 2.81. The third-order valence-electron chi connectivity index (χ3n) is 4.79. The molecule has 35 heavy (non-hydrogen) atoms. The first-order chi connectivity index (χ1) is 16.6. The van der Waals surface area contributed by atoms with Crippen LogP contribution in [0.1, 0.15) is 16.7 Å².